The molecule has 0 fully saturated rings. The highest BCUT2D eigenvalue weighted by Crippen LogP contribution is 2.15. The van der Waals surface area contributed by atoms with E-state index in [2.05, 4.69) is 10.4 Å². The molecule has 9 heteroatoms. The predicted octanol–water partition coefficient (Wildman–Crippen LogP) is -0.138. The fourth-order valence-corrected chi connectivity index (χ4v) is 2.02. The summed E-state index contributed by atoms with van der Waals surface area (Å²) in [6.07, 6.45) is 1.72. The summed E-state index contributed by atoms with van der Waals surface area (Å²) in [6.45, 7) is 2.04. The second-order valence-corrected chi connectivity index (χ2v) is 4.96. The third kappa shape index (κ3) is 2.12. The summed E-state index contributed by atoms with van der Waals surface area (Å²) in [5.41, 5.74) is 2.10. The van der Waals surface area contributed by atoms with E-state index >= 15 is 0 Å². The third-order valence-electron chi connectivity index (χ3n) is 3.03. The fraction of sp³-hybridized carbons (Fsp3) is 0.364. The molecule has 0 aromatic carbocycles. The maximum Gasteiger partial charge on any atom is 0.332 e. The van der Waals surface area contributed by atoms with Crippen LogP contribution in [0.15, 0.2) is 20.7 Å². The Morgan fingerprint density at radius 2 is 2.05 bits per heavy atom. The number of aromatic nitrogens is 4. The Kier molecular flexibility index (Phi) is 3.69. The van der Waals surface area contributed by atoms with Crippen LogP contribution in [0.5, 0.6) is 0 Å². The van der Waals surface area contributed by atoms with E-state index in [9.17, 15) is 9.59 Å². The number of allylic oxidation sites excluding steroid dienone is 2. The lowest BCUT2D eigenvalue weighted by Crippen LogP contribution is -2.37. The van der Waals surface area contributed by atoms with E-state index in [0.717, 1.165) is 4.57 Å². The van der Waals surface area contributed by atoms with Gasteiger partial charge >= 0.3 is 5.69 Å². The third-order valence-corrected chi connectivity index (χ3v) is 3.19. The normalized spacial score (nSPS) is 12.2. The largest absolute Gasteiger partial charge is 0.332 e. The first kappa shape index (κ1) is 14.4. The average Bonchev–Trinajstić information content (AvgIpc) is 2.79. The van der Waals surface area contributed by atoms with Gasteiger partial charge in [0, 0.05) is 25.7 Å². The zero-order chi connectivity index (χ0) is 15.0. The van der Waals surface area contributed by atoms with Crippen molar-refractivity contribution >= 4 is 28.7 Å². The van der Waals surface area contributed by atoms with Gasteiger partial charge in [-0.15, -0.1) is 0 Å². The van der Waals surface area contributed by atoms with Gasteiger partial charge in [-0.2, -0.15) is 4.98 Å². The highest BCUT2D eigenvalue weighted by atomic mass is 35.5. The summed E-state index contributed by atoms with van der Waals surface area (Å²) in [6, 6.07) is 0. The molecule has 0 atom stereocenters. The standard InChI is InChI=1S/C11H15ClN6O2/c1-6(12)4-5-18-7-8(14-10(18)15-13)16(2)11(20)17(3)9(7)19/h4H,5,13H2,1-3H3,(H,14,15)/b6-4-. The van der Waals surface area contributed by atoms with Crippen LogP contribution in [0.25, 0.3) is 11.2 Å². The summed E-state index contributed by atoms with van der Waals surface area (Å²) in [5.74, 6) is 5.70. The SMILES string of the molecule is C/C(Cl)=C/Cn1c(NN)nc2c1c(=O)n(C)c(=O)n2C. The number of rotatable bonds is 3. The van der Waals surface area contributed by atoms with E-state index < -0.39 is 11.2 Å². The lowest BCUT2D eigenvalue weighted by atomic mass is 10.4. The topological polar surface area (TPSA) is 99.9 Å². The first-order valence-electron chi connectivity index (χ1n) is 5.83. The molecule has 3 N–H and O–H groups in total. The van der Waals surface area contributed by atoms with Gasteiger partial charge in [-0.3, -0.25) is 23.9 Å². The Bertz CT molecular complexity index is 809. The Morgan fingerprint density at radius 3 is 2.60 bits per heavy atom. The number of nitrogen functional groups attached to an aromatic ring is 1. The van der Waals surface area contributed by atoms with Gasteiger partial charge in [-0.25, -0.2) is 10.6 Å². The number of anilines is 1. The summed E-state index contributed by atoms with van der Waals surface area (Å²) < 4.78 is 3.90. The zero-order valence-corrected chi connectivity index (χ0v) is 12.1. The van der Waals surface area contributed by atoms with Crippen LogP contribution < -0.4 is 22.5 Å². The molecule has 8 nitrogen and oxygen atoms in total. The molecule has 2 heterocycles. The monoisotopic (exact) mass is 298 g/mol. The second kappa shape index (κ2) is 5.14. The number of fused-ring (bicyclic) bond motifs is 1. The van der Waals surface area contributed by atoms with Crippen molar-refractivity contribution < 1.29 is 0 Å². The van der Waals surface area contributed by atoms with Crippen LogP contribution in [-0.4, -0.2) is 18.7 Å². The highest BCUT2D eigenvalue weighted by molar-refractivity contribution is 6.29. The van der Waals surface area contributed by atoms with Crippen LogP contribution in [0.4, 0.5) is 5.95 Å². The molecule has 0 aliphatic rings. The highest BCUT2D eigenvalue weighted by Gasteiger charge is 2.17. The minimum absolute atomic E-state index is 0.270. The van der Waals surface area contributed by atoms with E-state index in [4.69, 9.17) is 17.4 Å². The number of hydrazine groups is 1. The molecule has 20 heavy (non-hydrogen) atoms. The van der Waals surface area contributed by atoms with Gasteiger partial charge in [0.1, 0.15) is 0 Å². The summed E-state index contributed by atoms with van der Waals surface area (Å²) in [4.78, 5) is 28.3. The van der Waals surface area contributed by atoms with Gasteiger partial charge < -0.3 is 0 Å². The molecule has 0 aliphatic heterocycles. The average molecular weight is 299 g/mol. The first-order valence-corrected chi connectivity index (χ1v) is 6.21. The molecule has 0 bridgehead atoms. The molecule has 0 radical (unpaired) electrons. The zero-order valence-electron chi connectivity index (χ0n) is 11.3. The number of nitrogens with one attached hydrogen (secondary N) is 1. The van der Waals surface area contributed by atoms with Gasteiger partial charge in [0.2, 0.25) is 5.95 Å². The van der Waals surface area contributed by atoms with E-state index in [-0.39, 0.29) is 17.1 Å². The molecule has 2 aromatic heterocycles. The van der Waals surface area contributed by atoms with Gasteiger partial charge in [0.25, 0.3) is 5.56 Å². The van der Waals surface area contributed by atoms with Crippen LogP contribution >= 0.6 is 11.6 Å². The lowest BCUT2D eigenvalue weighted by Gasteiger charge is -2.06. The summed E-state index contributed by atoms with van der Waals surface area (Å²) in [7, 11) is 2.96. The van der Waals surface area contributed by atoms with Crippen LogP contribution in [0.1, 0.15) is 6.92 Å². The van der Waals surface area contributed by atoms with Crippen molar-refractivity contribution in [2.24, 2.45) is 19.9 Å². The number of nitrogens with two attached hydrogens (primary N) is 1. The van der Waals surface area contributed by atoms with Crippen molar-refractivity contribution in [1.82, 2.24) is 18.7 Å². The molecule has 0 saturated heterocycles. The van der Waals surface area contributed by atoms with E-state index in [1.807, 2.05) is 0 Å². The van der Waals surface area contributed by atoms with E-state index in [0.29, 0.717) is 11.6 Å². The van der Waals surface area contributed by atoms with Gasteiger partial charge in [0.15, 0.2) is 11.2 Å². The number of aryl methyl sites for hydroxylation is 1. The number of hydrogen-bond donors (Lipinski definition) is 2. The quantitative estimate of drug-likeness (QED) is 0.607. The molecule has 0 saturated carbocycles. The molecule has 0 unspecified atom stereocenters. The van der Waals surface area contributed by atoms with Crippen molar-refractivity contribution in [3.05, 3.63) is 31.9 Å². The molecule has 108 valence electrons. The Balaban J connectivity index is 2.89. The molecule has 0 amide bonds. The minimum Gasteiger partial charge on any atom is -0.299 e. The van der Waals surface area contributed by atoms with E-state index in [1.54, 1.807) is 24.6 Å². The molecule has 2 rings (SSSR count). The second-order valence-electron chi connectivity index (χ2n) is 4.36. The van der Waals surface area contributed by atoms with Crippen molar-refractivity contribution in [2.45, 2.75) is 13.5 Å². The Hall–Kier alpha value is -2.06. The van der Waals surface area contributed by atoms with Crippen molar-refractivity contribution in [2.75, 3.05) is 5.43 Å². The molecule has 2 aromatic rings. The van der Waals surface area contributed by atoms with Crippen LogP contribution in [-0.2, 0) is 20.6 Å². The van der Waals surface area contributed by atoms with Crippen LogP contribution in [0.3, 0.4) is 0 Å². The minimum atomic E-state index is -0.445. The predicted molar refractivity (Wildman–Crippen MR) is 77.6 cm³/mol. The van der Waals surface area contributed by atoms with Crippen molar-refractivity contribution in [3.63, 3.8) is 0 Å². The first-order chi connectivity index (χ1) is 9.38. The Labute approximate surface area is 119 Å². The number of halogens is 1. The maximum atomic E-state index is 12.3. The smallest absolute Gasteiger partial charge is 0.299 e. The van der Waals surface area contributed by atoms with Crippen molar-refractivity contribution in [1.29, 1.82) is 0 Å². The fourth-order valence-electron chi connectivity index (χ4n) is 1.95. The van der Waals surface area contributed by atoms with Gasteiger partial charge in [-0.1, -0.05) is 17.7 Å². The lowest BCUT2D eigenvalue weighted by molar-refractivity contribution is 0.703. The van der Waals surface area contributed by atoms with E-state index in [1.165, 1.54) is 11.6 Å². The summed E-state index contributed by atoms with van der Waals surface area (Å²) in [5, 5.41) is 0.580. The van der Waals surface area contributed by atoms with Gasteiger partial charge in [-0.05, 0) is 6.92 Å². The van der Waals surface area contributed by atoms with Crippen LogP contribution in [0.2, 0.25) is 0 Å². The maximum absolute atomic E-state index is 12.3. The number of nitrogens with zero attached hydrogens (tertiary/aromatic N) is 4. The Morgan fingerprint density at radius 1 is 1.40 bits per heavy atom. The van der Waals surface area contributed by atoms with Gasteiger partial charge in [0.05, 0.1) is 0 Å². The molecular weight excluding hydrogens is 284 g/mol. The van der Waals surface area contributed by atoms with Crippen LogP contribution in [0, 0.1) is 0 Å². The number of imidazole rings is 1. The molecular formula is C11H15ClN6O2. The summed E-state index contributed by atoms with van der Waals surface area (Å²) >= 11 is 5.81. The molecule has 0 aliphatic carbocycles. The van der Waals surface area contributed by atoms with Crippen molar-refractivity contribution in [3.8, 4) is 0 Å². The number of hydrogen-bond acceptors (Lipinski definition) is 5. The molecule has 0 spiro atoms.